The molecule has 1 aromatic heterocycles. The molecule has 1 aliphatic carbocycles. The van der Waals surface area contributed by atoms with Gasteiger partial charge in [-0.15, -0.1) is 0 Å². The zero-order chi connectivity index (χ0) is 20.7. The maximum absolute atomic E-state index is 13.4. The Morgan fingerprint density at radius 1 is 1.03 bits per heavy atom. The maximum atomic E-state index is 13.4. The molecule has 5 heteroatoms. The number of rotatable bonds is 3. The van der Waals surface area contributed by atoms with Crippen molar-refractivity contribution in [3.8, 4) is 22.8 Å². The molecule has 1 amide bonds. The predicted octanol–water partition coefficient (Wildman–Crippen LogP) is 5.19. The van der Waals surface area contributed by atoms with Crippen molar-refractivity contribution in [2.24, 2.45) is 11.8 Å². The van der Waals surface area contributed by atoms with E-state index >= 15 is 0 Å². The van der Waals surface area contributed by atoms with Crippen LogP contribution in [0.4, 0.5) is 0 Å². The number of pyridine rings is 1. The molecule has 3 aromatic rings. The van der Waals surface area contributed by atoms with Crippen LogP contribution in [-0.4, -0.2) is 23.7 Å². The minimum atomic E-state index is -0.0263. The molecule has 0 spiro atoms. The minimum Gasteiger partial charge on any atom is -0.454 e. The van der Waals surface area contributed by atoms with Crippen molar-refractivity contribution >= 4 is 16.8 Å². The van der Waals surface area contributed by atoms with Crippen molar-refractivity contribution in [3.63, 3.8) is 0 Å². The Hall–Kier alpha value is -3.08. The van der Waals surface area contributed by atoms with Crippen molar-refractivity contribution in [3.05, 3.63) is 54.1 Å². The highest BCUT2D eigenvalue weighted by Crippen LogP contribution is 2.36. The van der Waals surface area contributed by atoms with Crippen LogP contribution in [0.3, 0.4) is 0 Å². The molecule has 154 valence electrons. The van der Waals surface area contributed by atoms with Gasteiger partial charge < -0.3 is 14.8 Å². The van der Waals surface area contributed by atoms with E-state index in [1.165, 1.54) is 6.42 Å². The van der Waals surface area contributed by atoms with Gasteiger partial charge in [-0.1, -0.05) is 44.9 Å². The number of hydrogen-bond acceptors (Lipinski definition) is 4. The molecule has 2 aromatic carbocycles. The summed E-state index contributed by atoms with van der Waals surface area (Å²) in [6.07, 6.45) is 3.44. The van der Waals surface area contributed by atoms with E-state index < -0.39 is 0 Å². The molecule has 0 bridgehead atoms. The number of amides is 1. The first-order valence-electron chi connectivity index (χ1n) is 10.7. The predicted molar refractivity (Wildman–Crippen MR) is 117 cm³/mol. The number of ether oxygens (including phenoxy) is 2. The molecule has 5 nitrogen and oxygen atoms in total. The van der Waals surface area contributed by atoms with E-state index in [9.17, 15) is 4.79 Å². The van der Waals surface area contributed by atoms with E-state index in [-0.39, 0.29) is 18.7 Å². The largest absolute Gasteiger partial charge is 0.454 e. The highest BCUT2D eigenvalue weighted by molar-refractivity contribution is 6.07. The van der Waals surface area contributed by atoms with Gasteiger partial charge in [-0.05, 0) is 48.6 Å². The number of nitrogens with zero attached hydrogens (tertiary/aromatic N) is 1. The summed E-state index contributed by atoms with van der Waals surface area (Å²) in [5.74, 6) is 2.52. The van der Waals surface area contributed by atoms with Gasteiger partial charge in [-0.25, -0.2) is 4.98 Å². The summed E-state index contributed by atoms with van der Waals surface area (Å²) in [5, 5.41) is 4.19. The molecule has 2 aliphatic rings. The second kappa shape index (κ2) is 7.63. The molecule has 0 radical (unpaired) electrons. The summed E-state index contributed by atoms with van der Waals surface area (Å²) >= 11 is 0. The van der Waals surface area contributed by atoms with E-state index in [0.717, 1.165) is 40.8 Å². The third-order valence-electron chi connectivity index (χ3n) is 6.65. The Labute approximate surface area is 176 Å². The lowest BCUT2D eigenvalue weighted by molar-refractivity contribution is 0.0892. The lowest BCUT2D eigenvalue weighted by Gasteiger charge is -2.34. The van der Waals surface area contributed by atoms with Crippen LogP contribution in [0.25, 0.3) is 22.2 Å². The molecule has 0 unspecified atom stereocenters. The molecule has 1 fully saturated rings. The van der Waals surface area contributed by atoms with Gasteiger partial charge in [0.15, 0.2) is 11.5 Å². The Morgan fingerprint density at radius 3 is 2.77 bits per heavy atom. The van der Waals surface area contributed by atoms with Crippen LogP contribution in [0.5, 0.6) is 11.5 Å². The third-order valence-corrected chi connectivity index (χ3v) is 6.65. The van der Waals surface area contributed by atoms with E-state index in [1.807, 2.05) is 48.5 Å². The summed E-state index contributed by atoms with van der Waals surface area (Å²) in [5.41, 5.74) is 3.13. The maximum Gasteiger partial charge on any atom is 0.252 e. The molecular formula is C25H26N2O3. The van der Waals surface area contributed by atoms with E-state index in [1.54, 1.807) is 0 Å². The fourth-order valence-corrected chi connectivity index (χ4v) is 4.60. The standard InChI is InChI=1S/C25H26N2O3/c1-15-6-5-9-20(16(15)2)27-25(28)19-13-22(26-21-8-4-3-7-18(19)21)17-10-11-23-24(12-17)30-14-29-23/h3-4,7-8,10-13,15-16,20H,5-6,9,14H2,1-2H3,(H,27,28)/t15-,16+,20+/m1/s1. The van der Waals surface area contributed by atoms with Gasteiger partial charge in [0.25, 0.3) is 5.91 Å². The molecule has 30 heavy (non-hydrogen) atoms. The number of carbonyl (C=O) groups is 1. The van der Waals surface area contributed by atoms with Crippen molar-refractivity contribution in [1.82, 2.24) is 10.3 Å². The zero-order valence-electron chi connectivity index (χ0n) is 17.4. The number of hydrogen-bond donors (Lipinski definition) is 1. The summed E-state index contributed by atoms with van der Waals surface area (Å²) < 4.78 is 10.9. The number of benzene rings is 2. The van der Waals surface area contributed by atoms with Gasteiger partial charge in [-0.3, -0.25) is 4.79 Å². The third kappa shape index (κ3) is 3.38. The molecule has 5 rings (SSSR count). The quantitative estimate of drug-likeness (QED) is 0.655. The lowest BCUT2D eigenvalue weighted by atomic mass is 9.78. The average molecular weight is 402 g/mol. The van der Waals surface area contributed by atoms with Gasteiger partial charge in [0.2, 0.25) is 6.79 Å². The summed E-state index contributed by atoms with van der Waals surface area (Å²) in [6, 6.07) is 15.7. The Morgan fingerprint density at radius 2 is 1.87 bits per heavy atom. The number of fused-ring (bicyclic) bond motifs is 2. The molecule has 1 N–H and O–H groups in total. The first kappa shape index (κ1) is 18.9. The molecule has 1 saturated carbocycles. The molecule has 3 atom stereocenters. The van der Waals surface area contributed by atoms with Crippen molar-refractivity contribution in [2.45, 2.75) is 39.2 Å². The highest BCUT2D eigenvalue weighted by Gasteiger charge is 2.29. The van der Waals surface area contributed by atoms with Crippen LogP contribution in [0.15, 0.2) is 48.5 Å². The molecule has 2 heterocycles. The van der Waals surface area contributed by atoms with E-state index in [4.69, 9.17) is 14.5 Å². The van der Waals surface area contributed by atoms with Crippen LogP contribution in [0, 0.1) is 11.8 Å². The molecular weight excluding hydrogens is 376 g/mol. The topological polar surface area (TPSA) is 60.5 Å². The Balaban J connectivity index is 1.53. The fraction of sp³-hybridized carbons (Fsp3) is 0.360. The first-order chi connectivity index (χ1) is 14.6. The molecule has 0 saturated heterocycles. The lowest BCUT2D eigenvalue weighted by Crippen LogP contribution is -2.43. The van der Waals surface area contributed by atoms with Gasteiger partial charge >= 0.3 is 0 Å². The summed E-state index contributed by atoms with van der Waals surface area (Å²) in [4.78, 5) is 18.2. The Bertz CT molecular complexity index is 1110. The van der Waals surface area contributed by atoms with Crippen LogP contribution < -0.4 is 14.8 Å². The van der Waals surface area contributed by atoms with Crippen LogP contribution in [0.2, 0.25) is 0 Å². The second-order valence-corrected chi connectivity index (χ2v) is 8.49. The zero-order valence-corrected chi connectivity index (χ0v) is 17.4. The summed E-state index contributed by atoms with van der Waals surface area (Å²) in [7, 11) is 0. The normalized spacial score (nSPS) is 22.8. The number of para-hydroxylation sites is 1. The van der Waals surface area contributed by atoms with E-state index in [2.05, 4.69) is 19.2 Å². The van der Waals surface area contributed by atoms with E-state index in [0.29, 0.717) is 23.1 Å². The first-order valence-corrected chi connectivity index (χ1v) is 10.7. The number of aromatic nitrogens is 1. The molecule has 1 aliphatic heterocycles. The SMILES string of the molecule is C[C@H]1[C@H](C)CCC[C@@H]1NC(=O)c1cc(-c2ccc3c(c2)OCO3)nc2ccccc12. The van der Waals surface area contributed by atoms with Crippen molar-refractivity contribution in [1.29, 1.82) is 0 Å². The minimum absolute atomic E-state index is 0.0263. The smallest absolute Gasteiger partial charge is 0.252 e. The average Bonchev–Trinajstić information content (AvgIpc) is 3.24. The van der Waals surface area contributed by atoms with Crippen LogP contribution in [-0.2, 0) is 0 Å². The van der Waals surface area contributed by atoms with Gasteiger partial charge in [0.1, 0.15) is 0 Å². The monoisotopic (exact) mass is 402 g/mol. The van der Waals surface area contributed by atoms with Gasteiger partial charge in [0, 0.05) is 17.0 Å². The Kier molecular flexibility index (Phi) is 4.81. The van der Waals surface area contributed by atoms with Gasteiger partial charge in [0.05, 0.1) is 16.8 Å². The van der Waals surface area contributed by atoms with Crippen LogP contribution in [0.1, 0.15) is 43.5 Å². The second-order valence-electron chi connectivity index (χ2n) is 8.49. The van der Waals surface area contributed by atoms with Crippen molar-refractivity contribution in [2.75, 3.05) is 6.79 Å². The fourth-order valence-electron chi connectivity index (χ4n) is 4.60. The summed E-state index contributed by atoms with van der Waals surface area (Å²) in [6.45, 7) is 4.76. The highest BCUT2D eigenvalue weighted by atomic mass is 16.7. The van der Waals surface area contributed by atoms with Crippen LogP contribution >= 0.6 is 0 Å². The number of nitrogens with one attached hydrogen (secondary N) is 1. The van der Waals surface area contributed by atoms with Gasteiger partial charge in [-0.2, -0.15) is 0 Å². The van der Waals surface area contributed by atoms with Crippen molar-refractivity contribution < 1.29 is 14.3 Å². The number of carbonyl (C=O) groups excluding carboxylic acids is 1.